The molecule has 8 rings (SSSR count). The highest BCUT2D eigenvalue weighted by atomic mass is 35.5. The average molecular weight is 699 g/mol. The number of aryl methyl sites for hydroxylation is 2. The number of nitrogens with two attached hydrogens (primary N) is 1. The minimum Gasteiger partial charge on any atom is -0.461 e. The van der Waals surface area contributed by atoms with E-state index in [4.69, 9.17) is 22.1 Å². The second-order valence-corrected chi connectivity index (χ2v) is 15.5. The lowest BCUT2D eigenvalue weighted by Crippen LogP contribution is -2.59. The van der Waals surface area contributed by atoms with Gasteiger partial charge in [-0.2, -0.15) is 24.7 Å². The van der Waals surface area contributed by atoms with Crippen molar-refractivity contribution >= 4 is 45.5 Å². The summed E-state index contributed by atoms with van der Waals surface area (Å²) in [6.45, 7) is 3.51. The Kier molecular flexibility index (Phi) is 7.50. The van der Waals surface area contributed by atoms with Crippen molar-refractivity contribution in [2.45, 2.75) is 68.7 Å². The molecule has 1 spiro atoms. The summed E-state index contributed by atoms with van der Waals surface area (Å²) in [6, 6.07) is 2.32. The van der Waals surface area contributed by atoms with Gasteiger partial charge in [-0.3, -0.25) is 14.4 Å². The molecular weight excluding hydrogens is 662 g/mol. The third-order valence-corrected chi connectivity index (χ3v) is 12.3. The Hall–Kier alpha value is -3.74. The van der Waals surface area contributed by atoms with Gasteiger partial charge in [0.1, 0.15) is 23.8 Å². The van der Waals surface area contributed by atoms with Crippen molar-refractivity contribution < 1.29 is 18.3 Å². The summed E-state index contributed by atoms with van der Waals surface area (Å²) in [7, 11) is 3.28. The highest BCUT2D eigenvalue weighted by molar-refractivity contribution is 7.16. The Balaban J connectivity index is 1.14. The number of carbonyl (C=O) groups is 1. The lowest BCUT2D eigenvalue weighted by atomic mass is 9.74. The Bertz CT molecular complexity index is 1850. The number of nitriles is 1. The summed E-state index contributed by atoms with van der Waals surface area (Å²) in [5.41, 5.74) is 7.75. The minimum atomic E-state index is -0.914. The topological polar surface area (TPSA) is 133 Å². The molecule has 16 heteroatoms. The van der Waals surface area contributed by atoms with Crippen LogP contribution in [0.4, 0.5) is 25.4 Å². The van der Waals surface area contributed by atoms with Crippen LogP contribution in [0.25, 0.3) is 0 Å². The maximum absolute atomic E-state index is 16.8. The third-order valence-electron chi connectivity index (χ3n) is 10.8. The molecule has 2 N–H and O–H groups in total. The van der Waals surface area contributed by atoms with Gasteiger partial charge in [0.15, 0.2) is 17.3 Å². The third kappa shape index (κ3) is 4.81. The number of rotatable bonds is 6. The van der Waals surface area contributed by atoms with Crippen molar-refractivity contribution in [1.82, 2.24) is 29.5 Å². The van der Waals surface area contributed by atoms with Crippen molar-refractivity contribution in [2.75, 3.05) is 69.0 Å². The van der Waals surface area contributed by atoms with Gasteiger partial charge >= 0.3 is 6.01 Å². The van der Waals surface area contributed by atoms with Crippen LogP contribution in [0.3, 0.4) is 0 Å². The number of thiophene rings is 1. The fraction of sp³-hybridized carbons (Fsp3) is 0.594. The molecule has 2 atom stereocenters. The molecule has 48 heavy (non-hydrogen) atoms. The molecule has 3 saturated heterocycles. The first-order valence-electron chi connectivity index (χ1n) is 16.4. The van der Waals surface area contributed by atoms with Gasteiger partial charge in [-0.1, -0.05) is 11.6 Å². The zero-order valence-corrected chi connectivity index (χ0v) is 28.5. The van der Waals surface area contributed by atoms with Crippen LogP contribution in [-0.4, -0.2) is 101 Å². The molecule has 1 amide bonds. The second kappa shape index (κ2) is 11.4. The molecule has 5 aliphatic rings. The predicted octanol–water partition coefficient (Wildman–Crippen LogP) is 3.75. The molecule has 7 heterocycles. The van der Waals surface area contributed by atoms with Crippen LogP contribution < -0.4 is 20.3 Å². The highest BCUT2D eigenvalue weighted by Crippen LogP contribution is 2.53. The smallest absolute Gasteiger partial charge is 0.320 e. The SMILES string of the molecule is CN(C)C(=O)c1nn2c(c1Cl)CN(c1nc(OC[C@@]34CCCN3C[C@H](F)C4)nc(N3CC4(CCc5sc(N)c(C#N)c54)C3)c1F)CCC2. The normalized spacial score (nSPS) is 24.2. The number of hydrogen-bond acceptors (Lipinski definition) is 11. The zero-order valence-electron chi connectivity index (χ0n) is 26.9. The van der Waals surface area contributed by atoms with Gasteiger partial charge in [0, 0.05) is 63.5 Å². The van der Waals surface area contributed by atoms with Crippen LogP contribution in [0.15, 0.2) is 0 Å². The highest BCUT2D eigenvalue weighted by Gasteiger charge is 2.53. The molecule has 4 aliphatic heterocycles. The summed E-state index contributed by atoms with van der Waals surface area (Å²) in [4.78, 5) is 30.4. The molecular formula is C32H37ClF2N10O2S. The first kappa shape index (κ1) is 31.5. The Morgan fingerprint density at radius 3 is 2.71 bits per heavy atom. The molecule has 3 aromatic heterocycles. The van der Waals surface area contributed by atoms with Crippen molar-refractivity contribution in [1.29, 1.82) is 5.26 Å². The van der Waals surface area contributed by atoms with E-state index in [0.717, 1.165) is 42.7 Å². The first-order chi connectivity index (χ1) is 23.0. The maximum atomic E-state index is 16.8. The lowest BCUT2D eigenvalue weighted by molar-refractivity contribution is 0.0821. The van der Waals surface area contributed by atoms with E-state index in [1.165, 1.54) is 16.2 Å². The Morgan fingerprint density at radius 2 is 1.96 bits per heavy atom. The van der Waals surface area contributed by atoms with Crippen LogP contribution in [0.1, 0.15) is 64.3 Å². The number of carbonyl (C=O) groups excluding carboxylic acids is 1. The lowest BCUT2D eigenvalue weighted by Gasteiger charge is -2.49. The molecule has 12 nitrogen and oxygen atoms in total. The van der Waals surface area contributed by atoms with E-state index in [2.05, 4.69) is 26.0 Å². The number of hydrogen-bond donors (Lipinski definition) is 1. The molecule has 0 bridgehead atoms. The first-order valence-corrected chi connectivity index (χ1v) is 17.6. The molecule has 1 aliphatic carbocycles. The van der Waals surface area contributed by atoms with Crippen molar-refractivity contribution in [3.05, 3.63) is 38.2 Å². The van der Waals surface area contributed by atoms with Gasteiger partial charge in [-0.25, -0.2) is 4.39 Å². The van der Waals surface area contributed by atoms with Crippen LogP contribution in [0.5, 0.6) is 6.01 Å². The number of amides is 1. The monoisotopic (exact) mass is 698 g/mol. The summed E-state index contributed by atoms with van der Waals surface area (Å²) in [6.07, 6.45) is 3.55. The zero-order chi connectivity index (χ0) is 33.5. The Morgan fingerprint density at radius 1 is 1.19 bits per heavy atom. The average Bonchev–Trinajstić information content (AvgIpc) is 3.79. The number of fused-ring (bicyclic) bond motifs is 4. The predicted molar refractivity (Wildman–Crippen MR) is 177 cm³/mol. The van der Waals surface area contributed by atoms with Crippen LogP contribution in [0.2, 0.25) is 5.02 Å². The molecule has 0 unspecified atom stereocenters. The van der Waals surface area contributed by atoms with Crippen molar-refractivity contribution in [2.24, 2.45) is 0 Å². The van der Waals surface area contributed by atoms with E-state index in [-0.39, 0.29) is 52.8 Å². The standard InChI is InChI=1S/C32H37ClF2N10O2S/c1-41(2)29(46)25-23(33)20-14-42(8-4-10-45(20)40-25)27-24(35)28(39-30(38-27)47-17-32-6-3-9-44(32)13-18(34)11-32)43-15-31(16-43)7-5-21-22(31)19(12-36)26(37)48-21/h18H,3-11,13-17,37H2,1-2H3/t18-,32+/m1/s1. The molecule has 3 aromatic rings. The molecule has 0 aromatic carbocycles. The molecule has 0 radical (unpaired) electrons. The quantitative estimate of drug-likeness (QED) is 0.406. The van der Waals surface area contributed by atoms with Gasteiger partial charge in [-0.15, -0.1) is 11.3 Å². The van der Waals surface area contributed by atoms with Crippen LogP contribution in [-0.2, 0) is 24.9 Å². The summed E-state index contributed by atoms with van der Waals surface area (Å²) in [5.74, 6) is -0.699. The van der Waals surface area contributed by atoms with E-state index in [1.54, 1.807) is 23.7 Å². The minimum absolute atomic E-state index is 0.0304. The van der Waals surface area contributed by atoms with E-state index in [1.807, 2.05) is 4.90 Å². The summed E-state index contributed by atoms with van der Waals surface area (Å²) in [5, 5.41) is 15.1. The number of halogens is 3. The van der Waals surface area contributed by atoms with Crippen molar-refractivity contribution in [3.8, 4) is 12.1 Å². The number of ether oxygens (including phenoxy) is 1. The summed E-state index contributed by atoms with van der Waals surface area (Å²) < 4.78 is 39.3. The van der Waals surface area contributed by atoms with E-state index in [9.17, 15) is 14.4 Å². The number of nitrogen functional groups attached to an aromatic ring is 1. The van der Waals surface area contributed by atoms with Gasteiger partial charge in [-0.05, 0) is 44.2 Å². The maximum Gasteiger partial charge on any atom is 0.320 e. The van der Waals surface area contributed by atoms with Gasteiger partial charge < -0.3 is 25.2 Å². The van der Waals surface area contributed by atoms with Crippen LogP contribution >= 0.6 is 22.9 Å². The summed E-state index contributed by atoms with van der Waals surface area (Å²) >= 11 is 8.20. The fourth-order valence-electron chi connectivity index (χ4n) is 8.52. The number of nitrogens with zero attached hydrogens (tertiary/aromatic N) is 9. The number of anilines is 3. The largest absolute Gasteiger partial charge is 0.461 e. The fourth-order valence-corrected chi connectivity index (χ4v) is 9.94. The van der Waals surface area contributed by atoms with E-state index >= 15 is 4.39 Å². The molecule has 3 fully saturated rings. The molecule has 254 valence electrons. The van der Waals surface area contributed by atoms with Gasteiger partial charge in [0.25, 0.3) is 5.91 Å². The van der Waals surface area contributed by atoms with E-state index < -0.39 is 17.5 Å². The number of alkyl halides is 1. The van der Waals surface area contributed by atoms with E-state index in [0.29, 0.717) is 61.8 Å². The number of aromatic nitrogens is 4. The van der Waals surface area contributed by atoms with Gasteiger partial charge in [0.05, 0.1) is 28.4 Å². The van der Waals surface area contributed by atoms with Gasteiger partial charge in [0.2, 0.25) is 5.82 Å². The van der Waals surface area contributed by atoms with Crippen LogP contribution in [0, 0.1) is 17.1 Å². The van der Waals surface area contributed by atoms with Crippen molar-refractivity contribution in [3.63, 3.8) is 0 Å². The molecule has 0 saturated carbocycles. The second-order valence-electron chi connectivity index (χ2n) is 14.0. The Labute approximate surface area is 286 Å².